The summed E-state index contributed by atoms with van der Waals surface area (Å²) in [6.07, 6.45) is 11.5. The van der Waals surface area contributed by atoms with Gasteiger partial charge in [-0.2, -0.15) is 0 Å². The molecule has 0 saturated heterocycles. The lowest BCUT2D eigenvalue weighted by molar-refractivity contribution is 0.206. The summed E-state index contributed by atoms with van der Waals surface area (Å²) < 4.78 is 0. The van der Waals surface area contributed by atoms with Crippen molar-refractivity contribution in [3.05, 3.63) is 60.2 Å². The van der Waals surface area contributed by atoms with Crippen LogP contribution in [0.4, 0.5) is 0 Å². The van der Waals surface area contributed by atoms with Crippen LogP contribution in [-0.2, 0) is 5.16 Å². The van der Waals surface area contributed by atoms with E-state index >= 15 is 0 Å². The van der Waals surface area contributed by atoms with E-state index in [1.165, 1.54) is 62.5 Å². The summed E-state index contributed by atoms with van der Waals surface area (Å²) in [5.41, 5.74) is 5.50. The Hall–Kier alpha value is -1.13. The van der Waals surface area contributed by atoms with Gasteiger partial charge in [0, 0.05) is 5.16 Å². The smallest absolute Gasteiger partial charge is 0.0165 e. The molecule has 1 heteroatoms. The number of benzene rings is 2. The molecule has 3 atom stereocenters. The molecular weight excluding hydrogens is 391 g/mol. The first-order valence-corrected chi connectivity index (χ1v) is 14.0. The van der Waals surface area contributed by atoms with Crippen molar-refractivity contribution in [2.75, 3.05) is 0 Å². The summed E-state index contributed by atoms with van der Waals surface area (Å²) in [6, 6.07) is 20.7. The van der Waals surface area contributed by atoms with Crippen molar-refractivity contribution in [3.8, 4) is 11.1 Å². The van der Waals surface area contributed by atoms with Crippen molar-refractivity contribution in [3.63, 3.8) is 0 Å². The Morgan fingerprint density at radius 2 is 1.42 bits per heavy atom. The molecule has 168 valence electrons. The maximum atomic E-state index is 2.51. The zero-order valence-electron chi connectivity index (χ0n) is 20.2. The van der Waals surface area contributed by atoms with Crippen molar-refractivity contribution >= 4 is 8.58 Å². The van der Waals surface area contributed by atoms with Gasteiger partial charge in [-0.1, -0.05) is 95.1 Å². The van der Waals surface area contributed by atoms with Gasteiger partial charge in [0.05, 0.1) is 0 Å². The lowest BCUT2D eigenvalue weighted by Crippen LogP contribution is -2.39. The minimum atomic E-state index is 0.369. The van der Waals surface area contributed by atoms with Crippen molar-refractivity contribution in [1.29, 1.82) is 0 Å². The molecule has 0 radical (unpaired) electrons. The fraction of sp³-hybridized carbons (Fsp3) is 0.600. The second kappa shape index (κ2) is 10.2. The van der Waals surface area contributed by atoms with Gasteiger partial charge in [0.1, 0.15) is 0 Å². The second-order valence-electron chi connectivity index (χ2n) is 11.0. The molecule has 4 rings (SSSR count). The van der Waals surface area contributed by atoms with Crippen LogP contribution in [0.1, 0.15) is 84.6 Å². The van der Waals surface area contributed by atoms with Gasteiger partial charge in [0.15, 0.2) is 0 Å². The van der Waals surface area contributed by atoms with E-state index in [0.717, 1.165) is 37.9 Å². The fourth-order valence-electron chi connectivity index (χ4n) is 6.73. The molecule has 0 bridgehead atoms. The molecule has 2 aromatic carbocycles. The molecule has 0 nitrogen and oxygen atoms in total. The largest absolute Gasteiger partial charge is 0.107 e. The minimum absolute atomic E-state index is 0.369. The van der Waals surface area contributed by atoms with E-state index in [-0.39, 0.29) is 0 Å². The van der Waals surface area contributed by atoms with Crippen LogP contribution >= 0.6 is 8.58 Å². The van der Waals surface area contributed by atoms with Crippen molar-refractivity contribution in [2.24, 2.45) is 23.7 Å². The molecule has 0 amide bonds. The van der Waals surface area contributed by atoms with E-state index < -0.39 is 0 Å². The first kappa shape index (κ1) is 23.0. The third kappa shape index (κ3) is 4.95. The Kier molecular flexibility index (Phi) is 7.59. The molecule has 2 saturated carbocycles. The summed E-state index contributed by atoms with van der Waals surface area (Å²) in [5.74, 6) is 3.38. The SMILES string of the molecule is CC(C)C1CCC(PC2(c3ccccc3-c3ccccc3)CCCCC2C(C)C)CC1. The average molecular weight is 435 g/mol. The zero-order chi connectivity index (χ0) is 21.8. The number of rotatable bonds is 6. The summed E-state index contributed by atoms with van der Waals surface area (Å²) in [7, 11) is 1.08. The maximum Gasteiger partial charge on any atom is 0.0165 e. The van der Waals surface area contributed by atoms with Crippen LogP contribution in [0.3, 0.4) is 0 Å². The monoisotopic (exact) mass is 434 g/mol. The quantitative estimate of drug-likeness (QED) is 0.397. The van der Waals surface area contributed by atoms with Gasteiger partial charge in [-0.15, -0.1) is 8.58 Å². The highest BCUT2D eigenvalue weighted by molar-refractivity contribution is 7.40. The Morgan fingerprint density at radius 1 is 0.742 bits per heavy atom. The average Bonchev–Trinajstić information content (AvgIpc) is 2.80. The number of hydrogen-bond donors (Lipinski definition) is 0. The molecule has 0 N–H and O–H groups in total. The molecule has 3 unspecified atom stereocenters. The van der Waals surface area contributed by atoms with Crippen LogP contribution < -0.4 is 0 Å². The number of hydrogen-bond acceptors (Lipinski definition) is 0. The predicted octanol–water partition coefficient (Wildman–Crippen LogP) is 9.29. The standard InChI is InChI=1S/C30H43P/c1-22(2)24-17-19-26(20-18-24)31-30(21-11-10-15-28(30)23(3)4)29-16-9-8-14-27(29)25-12-6-5-7-13-25/h5-9,12-14,16,22-24,26,28,31H,10-11,15,17-21H2,1-4H3. The van der Waals surface area contributed by atoms with E-state index in [2.05, 4.69) is 82.3 Å². The molecule has 0 heterocycles. The normalized spacial score (nSPS) is 29.8. The van der Waals surface area contributed by atoms with Crippen LogP contribution in [0.25, 0.3) is 11.1 Å². The Morgan fingerprint density at radius 3 is 2.10 bits per heavy atom. The topological polar surface area (TPSA) is 0 Å². The van der Waals surface area contributed by atoms with Crippen LogP contribution in [-0.4, -0.2) is 5.66 Å². The van der Waals surface area contributed by atoms with Crippen LogP contribution in [0, 0.1) is 23.7 Å². The highest BCUT2D eigenvalue weighted by Gasteiger charge is 2.46. The van der Waals surface area contributed by atoms with Crippen LogP contribution in [0.2, 0.25) is 0 Å². The Labute approximate surface area is 193 Å². The van der Waals surface area contributed by atoms with Gasteiger partial charge < -0.3 is 0 Å². The van der Waals surface area contributed by atoms with Gasteiger partial charge in [-0.3, -0.25) is 0 Å². The summed E-state index contributed by atoms with van der Waals surface area (Å²) >= 11 is 0. The predicted molar refractivity (Wildman–Crippen MR) is 139 cm³/mol. The van der Waals surface area contributed by atoms with Gasteiger partial charge in [-0.25, -0.2) is 0 Å². The van der Waals surface area contributed by atoms with Crippen LogP contribution in [0.15, 0.2) is 54.6 Å². The van der Waals surface area contributed by atoms with E-state index in [9.17, 15) is 0 Å². The van der Waals surface area contributed by atoms with Crippen molar-refractivity contribution in [2.45, 2.75) is 89.9 Å². The molecule has 2 fully saturated rings. The lowest BCUT2D eigenvalue weighted by Gasteiger charge is -2.50. The molecule has 2 aromatic rings. The highest BCUT2D eigenvalue weighted by atomic mass is 31.1. The first-order valence-electron chi connectivity index (χ1n) is 12.9. The molecule has 31 heavy (non-hydrogen) atoms. The van der Waals surface area contributed by atoms with E-state index in [1.807, 2.05) is 0 Å². The summed E-state index contributed by atoms with van der Waals surface area (Å²) in [5, 5.41) is 0.369. The second-order valence-corrected chi connectivity index (χ2v) is 13.0. The summed E-state index contributed by atoms with van der Waals surface area (Å²) in [4.78, 5) is 0. The Balaban J connectivity index is 1.73. The van der Waals surface area contributed by atoms with Gasteiger partial charge >= 0.3 is 0 Å². The van der Waals surface area contributed by atoms with Crippen molar-refractivity contribution in [1.82, 2.24) is 0 Å². The third-order valence-corrected chi connectivity index (χ3v) is 10.8. The van der Waals surface area contributed by atoms with Gasteiger partial charge in [0.2, 0.25) is 0 Å². The third-order valence-electron chi connectivity index (χ3n) is 8.44. The lowest BCUT2D eigenvalue weighted by atomic mass is 9.68. The van der Waals surface area contributed by atoms with E-state index in [4.69, 9.17) is 0 Å². The van der Waals surface area contributed by atoms with Crippen LogP contribution in [0.5, 0.6) is 0 Å². The molecule has 2 aliphatic rings. The summed E-state index contributed by atoms with van der Waals surface area (Å²) in [6.45, 7) is 9.85. The fourth-order valence-corrected chi connectivity index (χ4v) is 9.47. The van der Waals surface area contributed by atoms with E-state index in [1.54, 1.807) is 5.56 Å². The molecule has 0 aromatic heterocycles. The first-order chi connectivity index (χ1) is 15.0. The highest BCUT2D eigenvalue weighted by Crippen LogP contribution is 2.62. The maximum absolute atomic E-state index is 2.51. The Bertz CT molecular complexity index is 815. The molecule has 0 aliphatic heterocycles. The van der Waals surface area contributed by atoms with E-state index in [0.29, 0.717) is 5.16 Å². The molecule has 2 aliphatic carbocycles. The van der Waals surface area contributed by atoms with Crippen molar-refractivity contribution < 1.29 is 0 Å². The molecule has 0 spiro atoms. The van der Waals surface area contributed by atoms with Gasteiger partial charge in [0.25, 0.3) is 0 Å². The minimum Gasteiger partial charge on any atom is -0.107 e. The molecular formula is C30H43P. The zero-order valence-corrected chi connectivity index (χ0v) is 21.2. The van der Waals surface area contributed by atoms with Gasteiger partial charge in [-0.05, 0) is 84.5 Å².